The van der Waals surface area contributed by atoms with Crippen LogP contribution in [-0.2, 0) is 0 Å². The lowest BCUT2D eigenvalue weighted by molar-refractivity contribution is 0.801. The zero-order valence-electron chi connectivity index (χ0n) is 12.7. The number of aromatic nitrogens is 6. The zero-order chi connectivity index (χ0) is 16.6. The quantitative estimate of drug-likeness (QED) is 0.685. The molecular weight excluding hydrogens is 338 g/mol. The van der Waals surface area contributed by atoms with Gasteiger partial charge in [0.15, 0.2) is 5.65 Å². The van der Waals surface area contributed by atoms with Crippen molar-refractivity contribution in [3.8, 4) is 11.3 Å². The van der Waals surface area contributed by atoms with Crippen LogP contribution in [0.3, 0.4) is 0 Å². The lowest BCUT2D eigenvalue weighted by Crippen LogP contribution is -2.10. The van der Waals surface area contributed by atoms with Crippen LogP contribution in [0.2, 0.25) is 0 Å². The van der Waals surface area contributed by atoms with Crippen LogP contribution in [0.5, 0.6) is 0 Å². The highest BCUT2D eigenvalue weighted by atomic mass is 32.2. The molecule has 3 aromatic rings. The minimum absolute atomic E-state index is 0.495. The van der Waals surface area contributed by atoms with Gasteiger partial charge in [0.25, 0.3) is 0 Å². The SMILES string of the molecule is C1=CN2SNC=C2C=C1Nc1nc2c(-c3cncnc3)nccn2n1. The number of fused-ring (bicyclic) bond motifs is 2. The number of nitrogens with zero attached hydrogens (tertiary/aromatic N) is 7. The Bertz CT molecular complexity index is 1040. The molecule has 0 aromatic carbocycles. The fourth-order valence-electron chi connectivity index (χ4n) is 2.54. The number of rotatable bonds is 3. The van der Waals surface area contributed by atoms with Crippen LogP contribution in [0, 0.1) is 0 Å². The summed E-state index contributed by atoms with van der Waals surface area (Å²) in [7, 11) is 0. The van der Waals surface area contributed by atoms with Crippen molar-refractivity contribution in [1.29, 1.82) is 0 Å². The lowest BCUT2D eigenvalue weighted by Gasteiger charge is -2.17. The monoisotopic (exact) mass is 349 g/mol. The van der Waals surface area contributed by atoms with Crippen LogP contribution in [-0.4, -0.2) is 33.9 Å². The van der Waals surface area contributed by atoms with Gasteiger partial charge in [-0.15, -0.1) is 5.10 Å². The Labute approximate surface area is 146 Å². The third kappa shape index (κ3) is 2.48. The van der Waals surface area contributed by atoms with Crippen molar-refractivity contribution < 1.29 is 0 Å². The first kappa shape index (κ1) is 14.0. The van der Waals surface area contributed by atoms with E-state index in [1.807, 2.05) is 28.9 Å². The van der Waals surface area contributed by atoms with Crippen LogP contribution in [0.15, 0.2) is 67.1 Å². The predicted molar refractivity (Wildman–Crippen MR) is 93.3 cm³/mol. The van der Waals surface area contributed by atoms with Crippen molar-refractivity contribution >= 4 is 23.7 Å². The summed E-state index contributed by atoms with van der Waals surface area (Å²) in [6.07, 6.45) is 16.2. The molecule has 0 unspecified atom stereocenters. The van der Waals surface area contributed by atoms with Crippen molar-refractivity contribution in [1.82, 2.24) is 38.6 Å². The molecule has 0 atom stereocenters. The summed E-state index contributed by atoms with van der Waals surface area (Å²) in [6, 6.07) is 0. The van der Waals surface area contributed by atoms with Crippen LogP contribution >= 0.6 is 12.1 Å². The molecule has 0 spiro atoms. The number of nitrogens with one attached hydrogen (secondary N) is 2. The second-order valence-electron chi connectivity index (χ2n) is 5.25. The first-order valence-corrected chi connectivity index (χ1v) is 8.20. The molecule has 2 aliphatic heterocycles. The third-order valence-electron chi connectivity index (χ3n) is 3.65. The maximum absolute atomic E-state index is 4.56. The van der Waals surface area contributed by atoms with Gasteiger partial charge in [0.05, 0.1) is 17.8 Å². The summed E-state index contributed by atoms with van der Waals surface area (Å²) in [6.45, 7) is 0. The minimum atomic E-state index is 0.495. The fourth-order valence-corrected chi connectivity index (χ4v) is 3.16. The molecule has 122 valence electrons. The first-order valence-electron chi connectivity index (χ1n) is 7.42. The number of allylic oxidation sites excluding steroid dienone is 2. The number of hydrogen-bond acceptors (Lipinski definition) is 9. The summed E-state index contributed by atoms with van der Waals surface area (Å²) in [4.78, 5) is 17.0. The second-order valence-corrected chi connectivity index (χ2v) is 6.06. The van der Waals surface area contributed by atoms with Gasteiger partial charge in [0.2, 0.25) is 5.95 Å². The standard InChI is InChI=1S/C15H11N9S/c1-3-24-12(8-19-25-24)5-11(1)20-15-21-14-13(10-6-16-9-17-7-10)18-2-4-23(14)22-15/h1-9,19H,(H,20,22). The van der Waals surface area contributed by atoms with Crippen LogP contribution in [0.25, 0.3) is 16.9 Å². The van der Waals surface area contributed by atoms with Crippen molar-refractivity contribution in [2.24, 2.45) is 0 Å². The number of hydrogen-bond donors (Lipinski definition) is 2. The molecule has 2 N–H and O–H groups in total. The van der Waals surface area contributed by atoms with Crippen molar-refractivity contribution in [2.75, 3.05) is 5.32 Å². The highest BCUT2D eigenvalue weighted by Gasteiger charge is 2.17. The van der Waals surface area contributed by atoms with E-state index in [1.165, 1.54) is 18.5 Å². The van der Waals surface area contributed by atoms with Gasteiger partial charge >= 0.3 is 0 Å². The van der Waals surface area contributed by atoms with E-state index in [0.29, 0.717) is 17.3 Å². The third-order valence-corrected chi connectivity index (χ3v) is 4.40. The molecule has 10 heteroatoms. The molecule has 9 nitrogen and oxygen atoms in total. The highest BCUT2D eigenvalue weighted by Crippen LogP contribution is 2.28. The molecule has 5 heterocycles. The molecule has 3 aromatic heterocycles. The van der Waals surface area contributed by atoms with E-state index in [4.69, 9.17) is 0 Å². The Morgan fingerprint density at radius 3 is 3.04 bits per heavy atom. The van der Waals surface area contributed by atoms with E-state index in [0.717, 1.165) is 17.0 Å². The van der Waals surface area contributed by atoms with Gasteiger partial charge in [0.1, 0.15) is 12.0 Å². The average Bonchev–Trinajstić information content (AvgIpc) is 3.27. The summed E-state index contributed by atoms with van der Waals surface area (Å²) < 4.78 is 6.81. The molecule has 0 saturated heterocycles. The molecule has 0 fully saturated rings. The second kappa shape index (κ2) is 5.60. The van der Waals surface area contributed by atoms with Crippen LogP contribution in [0.1, 0.15) is 0 Å². The summed E-state index contributed by atoms with van der Waals surface area (Å²) >= 11 is 1.51. The molecule has 5 rings (SSSR count). The molecular formula is C15H11N9S. The Balaban J connectivity index is 1.50. The van der Waals surface area contributed by atoms with Gasteiger partial charge in [-0.2, -0.15) is 4.98 Å². The molecule has 25 heavy (non-hydrogen) atoms. The molecule has 0 amide bonds. The Morgan fingerprint density at radius 2 is 2.12 bits per heavy atom. The molecule has 0 bridgehead atoms. The summed E-state index contributed by atoms with van der Waals surface area (Å²) in [5.41, 5.74) is 4.07. The van der Waals surface area contributed by atoms with E-state index in [9.17, 15) is 0 Å². The smallest absolute Gasteiger partial charge is 0.247 e. The normalized spacial score (nSPS) is 15.6. The lowest BCUT2D eigenvalue weighted by atomic mass is 10.2. The summed E-state index contributed by atoms with van der Waals surface area (Å²) in [5.74, 6) is 0.495. The van der Waals surface area contributed by atoms with Crippen molar-refractivity contribution in [3.63, 3.8) is 0 Å². The maximum Gasteiger partial charge on any atom is 0.247 e. The Morgan fingerprint density at radius 1 is 1.20 bits per heavy atom. The molecule has 0 radical (unpaired) electrons. The highest BCUT2D eigenvalue weighted by molar-refractivity contribution is 7.95. The van der Waals surface area contributed by atoms with Gasteiger partial charge in [-0.25, -0.2) is 14.5 Å². The van der Waals surface area contributed by atoms with Gasteiger partial charge in [0, 0.05) is 48.4 Å². The van der Waals surface area contributed by atoms with E-state index < -0.39 is 0 Å². The molecule has 0 saturated carbocycles. The van der Waals surface area contributed by atoms with Crippen LogP contribution < -0.4 is 10.0 Å². The van der Waals surface area contributed by atoms with Crippen molar-refractivity contribution in [2.45, 2.75) is 0 Å². The van der Waals surface area contributed by atoms with Gasteiger partial charge in [-0.3, -0.25) is 9.29 Å². The molecule has 2 aliphatic rings. The number of anilines is 1. The van der Waals surface area contributed by atoms with E-state index in [1.54, 1.807) is 29.3 Å². The predicted octanol–water partition coefficient (Wildman–Crippen LogP) is 1.71. The Kier molecular flexibility index (Phi) is 3.13. The van der Waals surface area contributed by atoms with E-state index in [2.05, 4.69) is 35.1 Å². The van der Waals surface area contributed by atoms with E-state index >= 15 is 0 Å². The Hall–Kier alpha value is -3.40. The fraction of sp³-hybridized carbons (Fsp3) is 0. The van der Waals surface area contributed by atoms with Crippen LogP contribution in [0.4, 0.5) is 5.95 Å². The van der Waals surface area contributed by atoms with Crippen molar-refractivity contribution in [3.05, 3.63) is 67.1 Å². The van der Waals surface area contributed by atoms with Gasteiger partial charge in [-0.05, 0) is 12.2 Å². The van der Waals surface area contributed by atoms with E-state index in [-0.39, 0.29) is 0 Å². The zero-order valence-corrected chi connectivity index (χ0v) is 13.6. The topological polar surface area (TPSA) is 96.2 Å². The summed E-state index contributed by atoms with van der Waals surface area (Å²) in [5, 5.41) is 7.69. The first-order chi connectivity index (χ1) is 12.4. The molecule has 0 aliphatic carbocycles. The average molecular weight is 349 g/mol. The minimum Gasteiger partial charge on any atom is -0.323 e. The van der Waals surface area contributed by atoms with Gasteiger partial charge < -0.3 is 10.0 Å². The largest absolute Gasteiger partial charge is 0.323 e. The van der Waals surface area contributed by atoms with Gasteiger partial charge in [-0.1, -0.05) is 0 Å². The maximum atomic E-state index is 4.56.